The summed E-state index contributed by atoms with van der Waals surface area (Å²) in [4.78, 5) is 2.29. The number of anilines is 1. The van der Waals surface area contributed by atoms with Crippen molar-refractivity contribution in [3.8, 4) is 0 Å². The summed E-state index contributed by atoms with van der Waals surface area (Å²) < 4.78 is 0. The lowest BCUT2D eigenvalue weighted by Gasteiger charge is -2.36. The van der Waals surface area contributed by atoms with Crippen molar-refractivity contribution in [1.29, 1.82) is 0 Å². The summed E-state index contributed by atoms with van der Waals surface area (Å²) in [6.45, 7) is 4.33. The van der Waals surface area contributed by atoms with Crippen LogP contribution in [-0.4, -0.2) is 29.2 Å². The van der Waals surface area contributed by atoms with Crippen LogP contribution in [0.1, 0.15) is 13.3 Å². The minimum absolute atomic E-state index is 0.581. The second-order valence-corrected chi connectivity index (χ2v) is 4.66. The smallest absolute Gasteiger partial charge is 0.151 e. The number of hydrogen-bond acceptors (Lipinski definition) is 3. The van der Waals surface area contributed by atoms with Crippen molar-refractivity contribution >= 4 is 17.4 Å². The predicted octanol–water partition coefficient (Wildman–Crippen LogP) is 2.18. The maximum absolute atomic E-state index is 5.94. The molecule has 1 aromatic rings. The third kappa shape index (κ3) is 2.59. The van der Waals surface area contributed by atoms with Gasteiger partial charge in [0.15, 0.2) is 5.82 Å². The van der Waals surface area contributed by atoms with Crippen LogP contribution in [0.15, 0.2) is 18.3 Å². The van der Waals surface area contributed by atoms with Crippen LogP contribution in [0.4, 0.5) is 5.82 Å². The second-order valence-electron chi connectivity index (χ2n) is 4.35. The third-order valence-electron chi connectivity index (χ3n) is 2.85. The Morgan fingerprint density at radius 1 is 1.53 bits per heavy atom. The van der Waals surface area contributed by atoms with E-state index >= 15 is 0 Å². The van der Waals surface area contributed by atoms with Gasteiger partial charge in [0.25, 0.3) is 0 Å². The maximum atomic E-state index is 5.94. The molecule has 1 aliphatic rings. The van der Waals surface area contributed by atoms with Crippen LogP contribution in [-0.2, 0) is 0 Å². The number of aromatic nitrogens is 2. The molecule has 1 aliphatic heterocycles. The highest BCUT2D eigenvalue weighted by Crippen LogP contribution is 2.25. The van der Waals surface area contributed by atoms with E-state index in [0.29, 0.717) is 11.8 Å². The van der Waals surface area contributed by atoms with Gasteiger partial charge in [0.1, 0.15) is 0 Å². The quantitative estimate of drug-likeness (QED) is 0.723. The van der Waals surface area contributed by atoms with Crippen LogP contribution < -0.4 is 4.90 Å². The molecule has 0 aromatic carbocycles. The number of alkyl halides is 1. The van der Waals surface area contributed by atoms with Crippen molar-refractivity contribution < 1.29 is 0 Å². The molecule has 82 valence electrons. The van der Waals surface area contributed by atoms with Gasteiger partial charge in [-0.15, -0.1) is 16.7 Å². The lowest BCUT2D eigenvalue weighted by Crippen LogP contribution is -2.40. The van der Waals surface area contributed by atoms with Crippen molar-refractivity contribution in [3.05, 3.63) is 18.3 Å². The SMILES string of the molecule is CC1CC(CCl)CN(c2cccnn2)C1. The Labute approximate surface area is 95.5 Å². The van der Waals surface area contributed by atoms with E-state index in [0.717, 1.165) is 24.8 Å². The number of rotatable bonds is 2. The molecule has 0 spiro atoms. The molecular formula is C11H16ClN3. The van der Waals surface area contributed by atoms with Crippen molar-refractivity contribution in [3.63, 3.8) is 0 Å². The topological polar surface area (TPSA) is 29.0 Å². The molecule has 0 N–H and O–H groups in total. The standard InChI is InChI=1S/C11H16ClN3/c1-9-5-10(6-12)8-15(7-9)11-3-2-4-13-14-11/h2-4,9-10H,5-8H2,1H3. The summed E-state index contributed by atoms with van der Waals surface area (Å²) >= 11 is 5.94. The molecule has 0 radical (unpaired) electrons. The first-order chi connectivity index (χ1) is 7.29. The normalized spacial score (nSPS) is 26.7. The summed E-state index contributed by atoms with van der Waals surface area (Å²) in [7, 11) is 0. The number of hydrogen-bond donors (Lipinski definition) is 0. The van der Waals surface area contributed by atoms with Crippen LogP contribution in [0.5, 0.6) is 0 Å². The molecule has 1 saturated heterocycles. The van der Waals surface area contributed by atoms with Crippen molar-refractivity contribution in [1.82, 2.24) is 10.2 Å². The molecule has 2 heterocycles. The van der Waals surface area contributed by atoms with Crippen molar-refractivity contribution in [2.24, 2.45) is 11.8 Å². The lowest BCUT2D eigenvalue weighted by molar-refractivity contribution is 0.358. The molecule has 0 amide bonds. The second kappa shape index (κ2) is 4.79. The molecule has 0 saturated carbocycles. The average molecular weight is 226 g/mol. The summed E-state index contributed by atoms with van der Waals surface area (Å²) in [6, 6.07) is 3.94. The summed E-state index contributed by atoms with van der Waals surface area (Å²) in [5.74, 6) is 2.97. The van der Waals surface area contributed by atoms with Gasteiger partial charge in [0, 0.05) is 25.2 Å². The van der Waals surface area contributed by atoms with Gasteiger partial charge in [-0.2, -0.15) is 5.10 Å². The van der Waals surface area contributed by atoms with E-state index in [9.17, 15) is 0 Å². The molecule has 4 heteroatoms. The highest BCUT2D eigenvalue weighted by Gasteiger charge is 2.24. The highest BCUT2D eigenvalue weighted by atomic mass is 35.5. The molecule has 1 fully saturated rings. The van der Waals surface area contributed by atoms with Gasteiger partial charge in [-0.1, -0.05) is 6.92 Å². The van der Waals surface area contributed by atoms with Crippen LogP contribution in [0.25, 0.3) is 0 Å². The van der Waals surface area contributed by atoms with Gasteiger partial charge in [-0.25, -0.2) is 0 Å². The molecule has 15 heavy (non-hydrogen) atoms. The first-order valence-corrected chi connectivity index (χ1v) is 5.91. The van der Waals surface area contributed by atoms with Gasteiger partial charge in [0.2, 0.25) is 0 Å². The fraction of sp³-hybridized carbons (Fsp3) is 0.636. The highest BCUT2D eigenvalue weighted by molar-refractivity contribution is 6.18. The van der Waals surface area contributed by atoms with E-state index in [4.69, 9.17) is 11.6 Å². The Hall–Kier alpha value is -0.830. The fourth-order valence-corrected chi connectivity index (χ4v) is 2.47. The van der Waals surface area contributed by atoms with Gasteiger partial charge < -0.3 is 4.90 Å². The maximum Gasteiger partial charge on any atom is 0.151 e. The van der Waals surface area contributed by atoms with Crippen LogP contribution in [0.2, 0.25) is 0 Å². The summed E-state index contributed by atoms with van der Waals surface area (Å²) in [5.41, 5.74) is 0. The Balaban J connectivity index is 2.09. The van der Waals surface area contributed by atoms with Gasteiger partial charge in [-0.05, 0) is 30.4 Å². The zero-order valence-electron chi connectivity index (χ0n) is 8.93. The zero-order chi connectivity index (χ0) is 10.7. The Morgan fingerprint density at radius 2 is 2.40 bits per heavy atom. The largest absolute Gasteiger partial charge is 0.355 e. The van der Waals surface area contributed by atoms with E-state index in [1.807, 2.05) is 12.1 Å². The number of piperidine rings is 1. The Morgan fingerprint density at radius 3 is 3.07 bits per heavy atom. The Kier molecular flexibility index (Phi) is 3.41. The van der Waals surface area contributed by atoms with Gasteiger partial charge >= 0.3 is 0 Å². The first kappa shape index (κ1) is 10.7. The molecule has 2 rings (SSSR count). The van der Waals surface area contributed by atoms with E-state index in [2.05, 4.69) is 22.0 Å². The van der Waals surface area contributed by atoms with Crippen LogP contribution in [0.3, 0.4) is 0 Å². The van der Waals surface area contributed by atoms with E-state index in [1.165, 1.54) is 6.42 Å². The average Bonchev–Trinajstić information content (AvgIpc) is 2.29. The fourth-order valence-electron chi connectivity index (χ4n) is 2.24. The van der Waals surface area contributed by atoms with E-state index < -0.39 is 0 Å². The first-order valence-electron chi connectivity index (χ1n) is 5.38. The molecule has 2 unspecified atom stereocenters. The summed E-state index contributed by atoms with van der Waals surface area (Å²) in [5, 5.41) is 8.05. The molecule has 0 bridgehead atoms. The van der Waals surface area contributed by atoms with Gasteiger partial charge in [0.05, 0.1) is 0 Å². The minimum Gasteiger partial charge on any atom is -0.355 e. The van der Waals surface area contributed by atoms with E-state index in [1.54, 1.807) is 6.20 Å². The van der Waals surface area contributed by atoms with Gasteiger partial charge in [-0.3, -0.25) is 0 Å². The minimum atomic E-state index is 0.581. The van der Waals surface area contributed by atoms with Crippen molar-refractivity contribution in [2.45, 2.75) is 13.3 Å². The monoisotopic (exact) mass is 225 g/mol. The molecular weight excluding hydrogens is 210 g/mol. The Bertz CT molecular complexity index is 304. The zero-order valence-corrected chi connectivity index (χ0v) is 9.69. The molecule has 0 aliphatic carbocycles. The number of halogens is 1. The molecule has 1 aromatic heterocycles. The molecule has 3 nitrogen and oxygen atoms in total. The lowest BCUT2D eigenvalue weighted by atomic mass is 9.92. The van der Waals surface area contributed by atoms with Crippen LogP contribution >= 0.6 is 11.6 Å². The number of nitrogens with zero attached hydrogens (tertiary/aromatic N) is 3. The van der Waals surface area contributed by atoms with Crippen molar-refractivity contribution in [2.75, 3.05) is 23.9 Å². The van der Waals surface area contributed by atoms with E-state index in [-0.39, 0.29) is 0 Å². The summed E-state index contributed by atoms with van der Waals surface area (Å²) in [6.07, 6.45) is 2.93. The molecule has 2 atom stereocenters. The third-order valence-corrected chi connectivity index (χ3v) is 3.28. The van der Waals surface area contributed by atoms with Crippen LogP contribution in [0, 0.1) is 11.8 Å². The predicted molar refractivity (Wildman–Crippen MR) is 62.2 cm³/mol.